The van der Waals surface area contributed by atoms with Gasteiger partial charge in [-0.2, -0.15) is 0 Å². The normalized spacial score (nSPS) is 14.1. The first-order chi connectivity index (χ1) is 14.6. The molecule has 0 bridgehead atoms. The third kappa shape index (κ3) is 5.65. The van der Waals surface area contributed by atoms with Gasteiger partial charge in [0.1, 0.15) is 5.75 Å². The lowest BCUT2D eigenvalue weighted by Crippen LogP contribution is -2.39. The molecule has 0 N–H and O–H groups in total. The highest BCUT2D eigenvalue weighted by Gasteiger charge is 2.22. The Morgan fingerprint density at radius 3 is 2.07 bits per heavy atom. The molecule has 30 heavy (non-hydrogen) atoms. The molecule has 1 heterocycles. The van der Waals surface area contributed by atoms with Crippen molar-refractivity contribution in [2.45, 2.75) is 12.8 Å². The van der Waals surface area contributed by atoms with Gasteiger partial charge < -0.3 is 24.0 Å². The number of methoxy groups -OCH3 is 2. The van der Waals surface area contributed by atoms with Crippen molar-refractivity contribution in [1.29, 1.82) is 0 Å². The molecule has 2 aromatic rings. The molecular formula is C23H28N2O5. The highest BCUT2D eigenvalue weighted by atomic mass is 16.5. The number of ether oxygens (including phenoxy) is 3. The van der Waals surface area contributed by atoms with Gasteiger partial charge in [-0.25, -0.2) is 0 Å². The summed E-state index contributed by atoms with van der Waals surface area (Å²) >= 11 is 0. The highest BCUT2D eigenvalue weighted by molar-refractivity contribution is 5.80. The van der Waals surface area contributed by atoms with Crippen LogP contribution in [0, 0.1) is 0 Å². The maximum Gasteiger partial charge on any atom is 0.260 e. The summed E-state index contributed by atoms with van der Waals surface area (Å²) in [4.78, 5) is 28.9. The van der Waals surface area contributed by atoms with Gasteiger partial charge in [-0.05, 0) is 36.2 Å². The van der Waals surface area contributed by atoms with Crippen LogP contribution < -0.4 is 14.2 Å². The summed E-state index contributed by atoms with van der Waals surface area (Å²) in [5.41, 5.74) is 0.947. The number of carbonyl (C=O) groups is 2. The molecule has 0 aromatic heterocycles. The third-order valence-electron chi connectivity index (χ3n) is 5.14. The lowest BCUT2D eigenvalue weighted by Gasteiger charge is -2.22. The van der Waals surface area contributed by atoms with Crippen LogP contribution in [0.2, 0.25) is 0 Å². The van der Waals surface area contributed by atoms with Crippen molar-refractivity contribution in [3.8, 4) is 17.2 Å². The van der Waals surface area contributed by atoms with E-state index in [2.05, 4.69) is 0 Å². The minimum absolute atomic E-state index is 0.0554. The maximum atomic E-state index is 12.7. The third-order valence-corrected chi connectivity index (χ3v) is 5.14. The van der Waals surface area contributed by atoms with E-state index < -0.39 is 0 Å². The number of hydrogen-bond donors (Lipinski definition) is 0. The van der Waals surface area contributed by atoms with E-state index in [-0.39, 0.29) is 18.4 Å². The van der Waals surface area contributed by atoms with E-state index in [9.17, 15) is 9.59 Å². The van der Waals surface area contributed by atoms with Crippen molar-refractivity contribution < 1.29 is 23.8 Å². The van der Waals surface area contributed by atoms with Crippen molar-refractivity contribution >= 4 is 11.8 Å². The van der Waals surface area contributed by atoms with Crippen molar-refractivity contribution in [2.75, 3.05) is 47.0 Å². The predicted octanol–water partition coefficient (Wildman–Crippen LogP) is 2.39. The smallest absolute Gasteiger partial charge is 0.260 e. The molecule has 0 aliphatic carbocycles. The Kier molecular flexibility index (Phi) is 7.54. The number of nitrogens with zero attached hydrogens (tertiary/aromatic N) is 2. The lowest BCUT2D eigenvalue weighted by molar-refractivity contribution is -0.134. The van der Waals surface area contributed by atoms with Crippen molar-refractivity contribution in [3.05, 3.63) is 54.1 Å². The second-order valence-corrected chi connectivity index (χ2v) is 7.08. The monoisotopic (exact) mass is 412 g/mol. The minimum atomic E-state index is -0.0923. The topological polar surface area (TPSA) is 68.3 Å². The van der Waals surface area contributed by atoms with E-state index in [1.54, 1.807) is 31.3 Å². The van der Waals surface area contributed by atoms with E-state index in [0.717, 1.165) is 17.7 Å². The zero-order valence-electron chi connectivity index (χ0n) is 17.5. The van der Waals surface area contributed by atoms with Gasteiger partial charge in [0.2, 0.25) is 5.91 Å². The highest BCUT2D eigenvalue weighted by Crippen LogP contribution is 2.25. The molecule has 1 aliphatic rings. The predicted molar refractivity (Wildman–Crippen MR) is 113 cm³/mol. The summed E-state index contributed by atoms with van der Waals surface area (Å²) in [7, 11) is 3.18. The number of para-hydroxylation sites is 2. The first kappa shape index (κ1) is 21.5. The fraction of sp³-hybridized carbons (Fsp3) is 0.391. The molecule has 0 spiro atoms. The fourth-order valence-corrected chi connectivity index (χ4v) is 3.41. The molecule has 160 valence electrons. The van der Waals surface area contributed by atoms with Gasteiger partial charge in [-0.15, -0.1) is 0 Å². The number of benzene rings is 2. The molecule has 0 atom stereocenters. The van der Waals surface area contributed by atoms with Crippen LogP contribution >= 0.6 is 0 Å². The molecule has 0 unspecified atom stereocenters. The van der Waals surface area contributed by atoms with E-state index in [4.69, 9.17) is 14.2 Å². The average Bonchev–Trinajstić information content (AvgIpc) is 3.04. The zero-order chi connectivity index (χ0) is 21.3. The summed E-state index contributed by atoms with van der Waals surface area (Å²) in [6.07, 6.45) is 1.09. The minimum Gasteiger partial charge on any atom is -0.497 e. The SMILES string of the molecule is COc1ccc(CC(=O)N2CCCN(C(=O)COc3ccccc3OC)CC2)cc1. The number of carbonyl (C=O) groups excluding carboxylic acids is 2. The quantitative estimate of drug-likeness (QED) is 0.699. The molecule has 2 aromatic carbocycles. The fourth-order valence-electron chi connectivity index (χ4n) is 3.41. The van der Waals surface area contributed by atoms with Crippen LogP contribution in [0.3, 0.4) is 0 Å². The van der Waals surface area contributed by atoms with Crippen molar-refractivity contribution in [3.63, 3.8) is 0 Å². The molecule has 1 aliphatic heterocycles. The Balaban J connectivity index is 1.49. The van der Waals surface area contributed by atoms with Crippen LogP contribution in [-0.2, 0) is 16.0 Å². The first-order valence-electron chi connectivity index (χ1n) is 10.0. The maximum absolute atomic E-state index is 12.7. The van der Waals surface area contributed by atoms with E-state index in [0.29, 0.717) is 44.1 Å². The Morgan fingerprint density at radius 1 is 0.800 bits per heavy atom. The lowest BCUT2D eigenvalue weighted by atomic mass is 10.1. The standard InChI is InChI=1S/C23H28N2O5/c1-28-19-10-8-18(9-11-19)16-22(26)24-12-5-13-25(15-14-24)23(27)17-30-21-7-4-3-6-20(21)29-2/h3-4,6-11H,5,12-17H2,1-2H3. The van der Waals surface area contributed by atoms with Gasteiger partial charge in [0.15, 0.2) is 18.1 Å². The van der Waals surface area contributed by atoms with E-state index in [1.807, 2.05) is 41.3 Å². The first-order valence-corrected chi connectivity index (χ1v) is 10.0. The largest absolute Gasteiger partial charge is 0.497 e. The summed E-state index contributed by atoms with van der Waals surface area (Å²) in [6, 6.07) is 14.8. The Labute approximate surface area is 177 Å². The van der Waals surface area contributed by atoms with Gasteiger partial charge >= 0.3 is 0 Å². The van der Waals surface area contributed by atoms with Gasteiger partial charge in [-0.1, -0.05) is 24.3 Å². The zero-order valence-corrected chi connectivity index (χ0v) is 17.5. The van der Waals surface area contributed by atoms with Crippen LogP contribution in [0.25, 0.3) is 0 Å². The van der Waals surface area contributed by atoms with Crippen LogP contribution in [0.4, 0.5) is 0 Å². The molecule has 2 amide bonds. The van der Waals surface area contributed by atoms with E-state index in [1.165, 1.54) is 0 Å². The Bertz CT molecular complexity index is 853. The molecule has 1 fully saturated rings. The summed E-state index contributed by atoms with van der Waals surface area (Å²) in [5, 5.41) is 0. The average molecular weight is 412 g/mol. The number of rotatable bonds is 7. The van der Waals surface area contributed by atoms with Gasteiger partial charge in [0.05, 0.1) is 20.6 Å². The number of hydrogen-bond acceptors (Lipinski definition) is 5. The van der Waals surface area contributed by atoms with Crippen LogP contribution in [0.15, 0.2) is 48.5 Å². The molecule has 0 saturated carbocycles. The molecule has 7 heteroatoms. The van der Waals surface area contributed by atoms with Gasteiger partial charge in [0, 0.05) is 26.2 Å². The van der Waals surface area contributed by atoms with E-state index >= 15 is 0 Å². The Morgan fingerprint density at radius 2 is 1.43 bits per heavy atom. The molecule has 7 nitrogen and oxygen atoms in total. The van der Waals surface area contributed by atoms with Crippen LogP contribution in [0.5, 0.6) is 17.2 Å². The second kappa shape index (κ2) is 10.5. The molecule has 0 radical (unpaired) electrons. The molecule has 1 saturated heterocycles. The Hall–Kier alpha value is -3.22. The van der Waals surface area contributed by atoms with Crippen molar-refractivity contribution in [1.82, 2.24) is 9.80 Å². The second-order valence-electron chi connectivity index (χ2n) is 7.08. The van der Waals surface area contributed by atoms with Crippen LogP contribution in [-0.4, -0.2) is 68.6 Å². The van der Waals surface area contributed by atoms with Crippen molar-refractivity contribution in [2.24, 2.45) is 0 Å². The molecular weight excluding hydrogens is 384 g/mol. The number of amides is 2. The van der Waals surface area contributed by atoms with Crippen LogP contribution in [0.1, 0.15) is 12.0 Å². The summed E-state index contributed by atoms with van der Waals surface area (Å²) < 4.78 is 16.0. The van der Waals surface area contributed by atoms with Gasteiger partial charge in [-0.3, -0.25) is 9.59 Å². The van der Waals surface area contributed by atoms with Gasteiger partial charge in [0.25, 0.3) is 5.91 Å². The molecule has 3 rings (SSSR count). The summed E-state index contributed by atoms with van der Waals surface area (Å²) in [6.45, 7) is 2.23. The summed E-state index contributed by atoms with van der Waals surface area (Å²) in [5.74, 6) is 1.88.